The fourth-order valence-electron chi connectivity index (χ4n) is 4.52. The van der Waals surface area contributed by atoms with E-state index in [1.807, 2.05) is 42.5 Å². The highest BCUT2D eigenvalue weighted by Gasteiger charge is 2.31. The zero-order valence-corrected chi connectivity index (χ0v) is 20.5. The van der Waals surface area contributed by atoms with Crippen molar-refractivity contribution in [1.82, 2.24) is 10.2 Å². The topological polar surface area (TPSA) is 43.0 Å². The zero-order chi connectivity index (χ0) is 25.5. The molecular formula is C28H31F3N2O3. The normalized spacial score (nSPS) is 15.7. The van der Waals surface area contributed by atoms with Crippen molar-refractivity contribution in [2.75, 3.05) is 40.4 Å². The molecule has 3 aromatic rings. The fraction of sp³-hybridized carbons (Fsp3) is 0.357. The molecule has 0 bridgehead atoms. The number of hydrogen-bond acceptors (Lipinski definition) is 5. The van der Waals surface area contributed by atoms with Gasteiger partial charge in [0, 0.05) is 19.6 Å². The lowest BCUT2D eigenvalue weighted by Crippen LogP contribution is -2.33. The molecule has 1 unspecified atom stereocenters. The average Bonchev–Trinajstić information content (AvgIpc) is 3.17. The van der Waals surface area contributed by atoms with Crippen molar-refractivity contribution in [2.45, 2.75) is 25.2 Å². The third-order valence-corrected chi connectivity index (χ3v) is 6.32. The summed E-state index contributed by atoms with van der Waals surface area (Å²) in [5.74, 6) is 1.49. The summed E-state index contributed by atoms with van der Waals surface area (Å²) in [7, 11) is 3.13. The zero-order valence-electron chi connectivity index (χ0n) is 20.5. The van der Waals surface area contributed by atoms with Gasteiger partial charge < -0.3 is 19.5 Å². The van der Waals surface area contributed by atoms with E-state index < -0.39 is 11.7 Å². The molecule has 1 saturated heterocycles. The molecule has 1 fully saturated rings. The minimum atomic E-state index is -4.38. The largest absolute Gasteiger partial charge is 0.493 e. The Labute approximate surface area is 209 Å². The summed E-state index contributed by atoms with van der Waals surface area (Å²) >= 11 is 0. The van der Waals surface area contributed by atoms with Gasteiger partial charge in [-0.25, -0.2) is 0 Å². The van der Waals surface area contributed by atoms with Crippen LogP contribution in [0.3, 0.4) is 0 Å². The van der Waals surface area contributed by atoms with Gasteiger partial charge in [0.1, 0.15) is 6.61 Å². The van der Waals surface area contributed by atoms with Crippen LogP contribution < -0.4 is 19.5 Å². The number of ether oxygens (including phenoxy) is 3. The summed E-state index contributed by atoms with van der Waals surface area (Å²) in [6.45, 7) is 3.59. The molecule has 0 saturated carbocycles. The molecule has 1 aliphatic heterocycles. The maximum absolute atomic E-state index is 13.2. The van der Waals surface area contributed by atoms with Gasteiger partial charge in [0.25, 0.3) is 0 Å². The molecule has 0 aliphatic carbocycles. The van der Waals surface area contributed by atoms with Crippen LogP contribution in [0.2, 0.25) is 0 Å². The number of nitrogens with one attached hydrogen (secondary N) is 1. The van der Waals surface area contributed by atoms with E-state index in [0.717, 1.165) is 61.4 Å². The monoisotopic (exact) mass is 500 g/mol. The Bertz CT molecular complexity index is 1090. The summed E-state index contributed by atoms with van der Waals surface area (Å²) in [6.07, 6.45) is -3.45. The van der Waals surface area contributed by atoms with E-state index in [1.165, 1.54) is 0 Å². The molecule has 192 valence electrons. The molecule has 4 rings (SSSR count). The van der Waals surface area contributed by atoms with Crippen molar-refractivity contribution in [3.05, 3.63) is 89.0 Å². The highest BCUT2D eigenvalue weighted by molar-refractivity contribution is 5.55. The highest BCUT2D eigenvalue weighted by atomic mass is 19.4. The number of hydrogen-bond donors (Lipinski definition) is 1. The van der Waals surface area contributed by atoms with Crippen LogP contribution in [0.5, 0.6) is 17.2 Å². The lowest BCUT2D eigenvalue weighted by molar-refractivity contribution is -0.137. The van der Waals surface area contributed by atoms with Crippen molar-refractivity contribution in [3.8, 4) is 17.2 Å². The third kappa shape index (κ3) is 6.12. The van der Waals surface area contributed by atoms with Crippen molar-refractivity contribution in [3.63, 3.8) is 0 Å². The van der Waals surface area contributed by atoms with Gasteiger partial charge in [-0.1, -0.05) is 42.5 Å². The lowest BCUT2D eigenvalue weighted by atomic mass is 9.95. The van der Waals surface area contributed by atoms with Gasteiger partial charge in [-0.15, -0.1) is 0 Å². The van der Waals surface area contributed by atoms with Gasteiger partial charge in [0.15, 0.2) is 11.5 Å². The first-order valence-corrected chi connectivity index (χ1v) is 11.9. The number of alkyl halides is 3. The van der Waals surface area contributed by atoms with E-state index in [2.05, 4.69) is 10.2 Å². The maximum Gasteiger partial charge on any atom is 0.416 e. The predicted octanol–water partition coefficient (Wildman–Crippen LogP) is 5.69. The predicted molar refractivity (Wildman–Crippen MR) is 133 cm³/mol. The van der Waals surface area contributed by atoms with E-state index in [0.29, 0.717) is 23.9 Å². The Balaban J connectivity index is 1.73. The molecule has 1 N–H and O–H groups in total. The lowest BCUT2D eigenvalue weighted by Gasteiger charge is -2.32. The van der Waals surface area contributed by atoms with E-state index in [-0.39, 0.29) is 6.04 Å². The molecule has 1 atom stereocenters. The smallest absolute Gasteiger partial charge is 0.416 e. The Kier molecular flexibility index (Phi) is 8.38. The number of methoxy groups -OCH3 is 2. The Morgan fingerprint density at radius 1 is 0.861 bits per heavy atom. The molecule has 0 spiro atoms. The van der Waals surface area contributed by atoms with E-state index in [4.69, 9.17) is 14.2 Å². The molecule has 0 radical (unpaired) electrons. The molecule has 36 heavy (non-hydrogen) atoms. The van der Waals surface area contributed by atoms with Gasteiger partial charge >= 0.3 is 6.18 Å². The van der Waals surface area contributed by atoms with Crippen LogP contribution in [0, 0.1) is 0 Å². The molecule has 1 heterocycles. The fourth-order valence-corrected chi connectivity index (χ4v) is 4.52. The Morgan fingerprint density at radius 2 is 1.53 bits per heavy atom. The minimum Gasteiger partial charge on any atom is -0.493 e. The molecular weight excluding hydrogens is 469 g/mol. The van der Waals surface area contributed by atoms with Crippen LogP contribution >= 0.6 is 0 Å². The molecule has 1 aliphatic rings. The quantitative estimate of drug-likeness (QED) is 0.431. The summed E-state index contributed by atoms with van der Waals surface area (Å²) in [6, 6.07) is 18.7. The summed E-state index contributed by atoms with van der Waals surface area (Å²) in [5, 5.41) is 3.39. The Hall–Kier alpha value is -3.23. The van der Waals surface area contributed by atoms with E-state index in [9.17, 15) is 13.2 Å². The SMILES string of the molecule is COc1cc(C(c2ccc(C(F)(F)F)cc2)N2CCCNCC2)cc(OC)c1OCc1ccccc1. The standard InChI is InChI=1S/C28H31F3N2O3/c1-34-24-17-22(18-25(35-2)27(24)36-19-20-7-4-3-5-8-20)26(33-15-6-13-32-14-16-33)21-9-11-23(12-10-21)28(29,30)31/h3-5,7-12,17-18,26,32H,6,13-16,19H2,1-2H3. The molecule has 8 heteroatoms. The molecule has 5 nitrogen and oxygen atoms in total. The van der Waals surface area contributed by atoms with Crippen LogP contribution in [0.15, 0.2) is 66.7 Å². The van der Waals surface area contributed by atoms with Gasteiger partial charge in [-0.3, -0.25) is 4.90 Å². The second-order valence-corrected chi connectivity index (χ2v) is 8.69. The van der Waals surface area contributed by atoms with Crippen LogP contribution in [-0.4, -0.2) is 45.3 Å². The Morgan fingerprint density at radius 3 is 2.14 bits per heavy atom. The van der Waals surface area contributed by atoms with Crippen LogP contribution in [-0.2, 0) is 12.8 Å². The van der Waals surface area contributed by atoms with Crippen molar-refractivity contribution in [2.24, 2.45) is 0 Å². The van der Waals surface area contributed by atoms with Gasteiger partial charge in [-0.05, 0) is 53.9 Å². The summed E-state index contributed by atoms with van der Waals surface area (Å²) < 4.78 is 57.2. The molecule has 0 aromatic heterocycles. The second-order valence-electron chi connectivity index (χ2n) is 8.69. The van der Waals surface area contributed by atoms with Crippen molar-refractivity contribution < 1.29 is 27.4 Å². The number of benzene rings is 3. The van der Waals surface area contributed by atoms with Gasteiger partial charge in [-0.2, -0.15) is 13.2 Å². The van der Waals surface area contributed by atoms with Crippen LogP contribution in [0.1, 0.15) is 34.7 Å². The molecule has 3 aromatic carbocycles. The first kappa shape index (κ1) is 25.9. The van der Waals surface area contributed by atoms with Gasteiger partial charge in [0.2, 0.25) is 5.75 Å². The summed E-state index contributed by atoms with van der Waals surface area (Å²) in [4.78, 5) is 2.28. The van der Waals surface area contributed by atoms with E-state index in [1.54, 1.807) is 26.4 Å². The molecule has 0 amide bonds. The number of halogens is 3. The first-order valence-electron chi connectivity index (χ1n) is 11.9. The van der Waals surface area contributed by atoms with Crippen LogP contribution in [0.25, 0.3) is 0 Å². The second kappa shape index (κ2) is 11.7. The van der Waals surface area contributed by atoms with Crippen molar-refractivity contribution in [1.29, 1.82) is 0 Å². The number of nitrogens with zero attached hydrogens (tertiary/aromatic N) is 1. The third-order valence-electron chi connectivity index (χ3n) is 6.32. The van der Waals surface area contributed by atoms with Crippen LogP contribution in [0.4, 0.5) is 13.2 Å². The van der Waals surface area contributed by atoms with Crippen molar-refractivity contribution >= 4 is 0 Å². The minimum absolute atomic E-state index is 0.279. The first-order chi connectivity index (χ1) is 17.4. The number of rotatable bonds is 8. The highest BCUT2D eigenvalue weighted by Crippen LogP contribution is 2.43. The maximum atomic E-state index is 13.2. The summed E-state index contributed by atoms with van der Waals surface area (Å²) in [5.41, 5.74) is 1.97. The van der Waals surface area contributed by atoms with Gasteiger partial charge in [0.05, 0.1) is 25.8 Å². The van der Waals surface area contributed by atoms with E-state index >= 15 is 0 Å². The average molecular weight is 501 g/mol.